The van der Waals surface area contributed by atoms with Crippen molar-refractivity contribution in [2.75, 3.05) is 6.54 Å². The molecule has 0 amide bonds. The third-order valence-electron chi connectivity index (χ3n) is 5.98. The molecule has 0 spiro atoms. The largest absolute Gasteiger partial charge is 0.385 e. The number of hydrogen-bond acceptors (Lipinski definition) is 2. The van der Waals surface area contributed by atoms with Gasteiger partial charge in [-0.15, -0.1) is 0 Å². The second kappa shape index (κ2) is 4.32. The second-order valence-electron chi connectivity index (χ2n) is 6.83. The molecular weight excluding hydrogens is 234 g/mol. The number of aliphatic hydroxyl groups is 1. The zero-order valence-corrected chi connectivity index (χ0v) is 12.0. The summed E-state index contributed by atoms with van der Waals surface area (Å²) in [5.74, 6) is 1.38. The molecule has 0 aliphatic heterocycles. The van der Waals surface area contributed by atoms with Crippen LogP contribution >= 0.6 is 0 Å². The van der Waals surface area contributed by atoms with Gasteiger partial charge in [0.15, 0.2) is 0 Å². The second-order valence-corrected chi connectivity index (χ2v) is 6.83. The summed E-state index contributed by atoms with van der Waals surface area (Å²) in [5, 5.41) is 11.4. The highest BCUT2D eigenvalue weighted by Crippen LogP contribution is 2.62. The van der Waals surface area contributed by atoms with Crippen molar-refractivity contribution in [3.63, 3.8) is 0 Å². The van der Waals surface area contributed by atoms with Crippen molar-refractivity contribution >= 4 is 0 Å². The molecule has 3 rings (SSSR count). The molecule has 3 N–H and O–H groups in total. The normalized spacial score (nSPS) is 36.4. The van der Waals surface area contributed by atoms with E-state index in [0.29, 0.717) is 12.5 Å². The fraction of sp³-hybridized carbons (Fsp3) is 0.647. The van der Waals surface area contributed by atoms with Crippen LogP contribution in [0.4, 0.5) is 0 Å². The maximum atomic E-state index is 11.4. The molecule has 0 radical (unpaired) electrons. The first kappa shape index (κ1) is 13.1. The highest BCUT2D eigenvalue weighted by Gasteiger charge is 2.59. The minimum atomic E-state index is -0.813. The van der Waals surface area contributed by atoms with Gasteiger partial charge in [-0.05, 0) is 56.1 Å². The highest BCUT2D eigenvalue weighted by atomic mass is 16.3. The monoisotopic (exact) mass is 259 g/mol. The van der Waals surface area contributed by atoms with Gasteiger partial charge in [0.1, 0.15) is 0 Å². The van der Waals surface area contributed by atoms with Crippen LogP contribution in [0.1, 0.15) is 43.7 Å². The fourth-order valence-electron chi connectivity index (χ4n) is 4.88. The van der Waals surface area contributed by atoms with Crippen LogP contribution in [-0.2, 0) is 5.60 Å². The van der Waals surface area contributed by atoms with Crippen molar-refractivity contribution in [3.05, 3.63) is 35.4 Å². The van der Waals surface area contributed by atoms with Gasteiger partial charge in [0, 0.05) is 12.0 Å². The van der Waals surface area contributed by atoms with Gasteiger partial charge in [-0.3, -0.25) is 0 Å². The molecule has 0 heterocycles. The summed E-state index contributed by atoms with van der Waals surface area (Å²) in [6, 6.07) is 8.21. The topological polar surface area (TPSA) is 46.2 Å². The van der Waals surface area contributed by atoms with E-state index in [2.05, 4.69) is 19.1 Å². The summed E-state index contributed by atoms with van der Waals surface area (Å²) in [7, 11) is 0. The molecule has 0 saturated heterocycles. The molecule has 2 aliphatic carbocycles. The van der Waals surface area contributed by atoms with Crippen LogP contribution in [0.25, 0.3) is 0 Å². The Hall–Kier alpha value is -0.860. The van der Waals surface area contributed by atoms with E-state index in [0.717, 1.165) is 17.9 Å². The van der Waals surface area contributed by atoms with Gasteiger partial charge < -0.3 is 10.8 Å². The molecule has 2 aliphatic rings. The summed E-state index contributed by atoms with van der Waals surface area (Å²) >= 11 is 0. The van der Waals surface area contributed by atoms with Crippen molar-refractivity contribution in [3.8, 4) is 0 Å². The van der Waals surface area contributed by atoms with Gasteiger partial charge in [0.2, 0.25) is 0 Å². The highest BCUT2D eigenvalue weighted by molar-refractivity contribution is 5.34. The summed E-state index contributed by atoms with van der Waals surface area (Å²) in [6.45, 7) is 4.67. The first-order chi connectivity index (χ1) is 9.01. The SMILES string of the molecule is Cc1ccccc1C(C)(O)C1(CN)CC2CCC1C2. The van der Waals surface area contributed by atoms with Gasteiger partial charge in [-0.1, -0.05) is 30.7 Å². The van der Waals surface area contributed by atoms with Gasteiger partial charge in [0.05, 0.1) is 5.60 Å². The Labute approximate surface area is 116 Å². The van der Waals surface area contributed by atoms with Crippen molar-refractivity contribution < 1.29 is 5.11 Å². The number of hydrogen-bond donors (Lipinski definition) is 2. The van der Waals surface area contributed by atoms with Gasteiger partial charge in [-0.25, -0.2) is 0 Å². The van der Waals surface area contributed by atoms with Gasteiger partial charge >= 0.3 is 0 Å². The number of benzene rings is 1. The minimum Gasteiger partial charge on any atom is -0.385 e. The quantitative estimate of drug-likeness (QED) is 0.876. The lowest BCUT2D eigenvalue weighted by molar-refractivity contribution is -0.103. The standard InChI is InChI=1S/C17H25NO/c1-12-5-3-4-6-15(12)16(2,19)17(11-18)10-13-7-8-14(17)9-13/h3-6,13-14,19H,7-11,18H2,1-2H3. The zero-order valence-electron chi connectivity index (χ0n) is 12.0. The van der Waals surface area contributed by atoms with Crippen molar-refractivity contribution in [2.45, 2.75) is 45.1 Å². The Morgan fingerprint density at radius 3 is 2.63 bits per heavy atom. The molecule has 19 heavy (non-hydrogen) atoms. The Morgan fingerprint density at radius 1 is 1.37 bits per heavy atom. The van der Waals surface area contributed by atoms with Gasteiger partial charge in [-0.2, -0.15) is 0 Å². The summed E-state index contributed by atoms with van der Waals surface area (Å²) in [5.41, 5.74) is 7.47. The Morgan fingerprint density at radius 2 is 2.11 bits per heavy atom. The molecule has 4 atom stereocenters. The first-order valence-corrected chi connectivity index (χ1v) is 7.50. The van der Waals surface area contributed by atoms with Crippen LogP contribution in [0, 0.1) is 24.2 Å². The molecule has 4 unspecified atom stereocenters. The van der Waals surface area contributed by atoms with E-state index in [-0.39, 0.29) is 5.41 Å². The Bertz CT molecular complexity index is 482. The molecule has 2 saturated carbocycles. The molecule has 1 aromatic carbocycles. The molecular formula is C17H25NO. The molecule has 1 aromatic rings. The van der Waals surface area contributed by atoms with Crippen LogP contribution in [0.15, 0.2) is 24.3 Å². The molecule has 0 aromatic heterocycles. The number of aryl methyl sites for hydroxylation is 1. The predicted molar refractivity (Wildman–Crippen MR) is 77.7 cm³/mol. The zero-order chi connectivity index (χ0) is 13.7. The number of nitrogens with two attached hydrogens (primary N) is 1. The maximum Gasteiger partial charge on any atom is 0.0941 e. The summed E-state index contributed by atoms with van der Waals surface area (Å²) in [4.78, 5) is 0. The summed E-state index contributed by atoms with van der Waals surface area (Å²) < 4.78 is 0. The average Bonchev–Trinajstić information content (AvgIpc) is 2.99. The Balaban J connectivity index is 2.06. The lowest BCUT2D eigenvalue weighted by atomic mass is 9.60. The van der Waals surface area contributed by atoms with Crippen LogP contribution in [0.3, 0.4) is 0 Å². The first-order valence-electron chi connectivity index (χ1n) is 7.50. The molecule has 2 bridgehead atoms. The van der Waals surface area contributed by atoms with Crippen LogP contribution < -0.4 is 5.73 Å². The van der Waals surface area contributed by atoms with Gasteiger partial charge in [0.25, 0.3) is 0 Å². The maximum absolute atomic E-state index is 11.4. The lowest BCUT2D eigenvalue weighted by Crippen LogP contribution is -2.52. The van der Waals surface area contributed by atoms with Crippen LogP contribution in [0.5, 0.6) is 0 Å². The molecule has 2 heteroatoms. The fourth-order valence-corrected chi connectivity index (χ4v) is 4.88. The van der Waals surface area contributed by atoms with Crippen molar-refractivity contribution in [2.24, 2.45) is 23.0 Å². The van der Waals surface area contributed by atoms with Crippen LogP contribution in [0.2, 0.25) is 0 Å². The van der Waals surface area contributed by atoms with E-state index in [1.165, 1.54) is 24.8 Å². The summed E-state index contributed by atoms with van der Waals surface area (Å²) in [6.07, 6.45) is 4.93. The average molecular weight is 259 g/mol. The van der Waals surface area contributed by atoms with E-state index in [9.17, 15) is 5.11 Å². The van der Waals surface area contributed by atoms with E-state index in [1.54, 1.807) is 0 Å². The third kappa shape index (κ3) is 1.70. The minimum absolute atomic E-state index is 0.123. The van der Waals surface area contributed by atoms with Crippen molar-refractivity contribution in [1.29, 1.82) is 0 Å². The number of fused-ring (bicyclic) bond motifs is 2. The predicted octanol–water partition coefficient (Wildman–Crippen LogP) is 2.97. The van der Waals surface area contributed by atoms with Crippen LogP contribution in [-0.4, -0.2) is 11.7 Å². The van der Waals surface area contributed by atoms with Crippen molar-refractivity contribution in [1.82, 2.24) is 0 Å². The Kier molecular flexibility index (Phi) is 2.99. The van der Waals surface area contributed by atoms with E-state index in [1.807, 2.05) is 19.1 Å². The smallest absolute Gasteiger partial charge is 0.0941 e. The van der Waals surface area contributed by atoms with E-state index in [4.69, 9.17) is 5.73 Å². The lowest BCUT2D eigenvalue weighted by Gasteiger charge is -2.48. The number of rotatable bonds is 3. The third-order valence-corrected chi connectivity index (χ3v) is 5.98. The van der Waals surface area contributed by atoms with E-state index >= 15 is 0 Å². The molecule has 2 nitrogen and oxygen atoms in total. The molecule has 104 valence electrons. The van der Waals surface area contributed by atoms with E-state index < -0.39 is 5.60 Å². The molecule has 2 fully saturated rings.